The third kappa shape index (κ3) is 4.58. The molecule has 0 atom stereocenters. The maximum atomic E-state index is 13.2. The second kappa shape index (κ2) is 7.97. The van der Waals surface area contributed by atoms with Crippen molar-refractivity contribution in [2.45, 2.75) is 32.6 Å². The number of hydrogen-bond acceptors (Lipinski definition) is 2. The molecule has 27 heavy (non-hydrogen) atoms. The molecule has 0 spiro atoms. The molecule has 2 aliphatic rings. The minimum absolute atomic E-state index is 0.109. The molecule has 0 radical (unpaired) electrons. The van der Waals surface area contributed by atoms with Crippen LogP contribution in [0.25, 0.3) is 0 Å². The molecular weight excluding hydrogens is 360 g/mol. The van der Waals surface area contributed by atoms with Gasteiger partial charge < -0.3 is 5.73 Å². The van der Waals surface area contributed by atoms with E-state index in [-0.39, 0.29) is 12.3 Å². The summed E-state index contributed by atoms with van der Waals surface area (Å²) in [6.45, 7) is 5.93. The number of amides is 2. The Morgan fingerprint density at radius 1 is 1.22 bits per heavy atom. The Hall–Kier alpha value is -2.59. The first kappa shape index (κ1) is 19.2. The summed E-state index contributed by atoms with van der Waals surface area (Å²) in [7, 11) is 0. The smallest absolute Gasteiger partial charge is 0.262 e. The van der Waals surface area contributed by atoms with Crippen molar-refractivity contribution in [2.24, 2.45) is 11.7 Å². The predicted octanol–water partition coefficient (Wildman–Crippen LogP) is 4.74. The first-order chi connectivity index (χ1) is 12.9. The van der Waals surface area contributed by atoms with E-state index >= 15 is 0 Å². The molecule has 1 saturated carbocycles. The van der Waals surface area contributed by atoms with Crippen LogP contribution in [0.4, 0.5) is 0 Å². The van der Waals surface area contributed by atoms with Crippen LogP contribution in [0.5, 0.6) is 0 Å². The van der Waals surface area contributed by atoms with Gasteiger partial charge in [0.05, 0.1) is 0 Å². The number of carbonyl (C=O) groups is 2. The zero-order chi connectivity index (χ0) is 19.6. The lowest BCUT2D eigenvalue weighted by atomic mass is 10.0. The Morgan fingerprint density at radius 2 is 1.89 bits per heavy atom. The van der Waals surface area contributed by atoms with E-state index < -0.39 is 5.91 Å². The highest BCUT2D eigenvalue weighted by molar-refractivity contribution is 6.30. The van der Waals surface area contributed by atoms with Gasteiger partial charge in [0.2, 0.25) is 5.91 Å². The van der Waals surface area contributed by atoms with Crippen LogP contribution in [0, 0.1) is 5.92 Å². The average molecular weight is 383 g/mol. The van der Waals surface area contributed by atoms with Crippen molar-refractivity contribution in [1.29, 1.82) is 0 Å². The van der Waals surface area contributed by atoms with Gasteiger partial charge in [-0.15, -0.1) is 0 Å². The van der Waals surface area contributed by atoms with Crippen LogP contribution in [0.15, 0.2) is 71.6 Å². The van der Waals surface area contributed by atoms with Crippen molar-refractivity contribution >= 4 is 23.4 Å². The lowest BCUT2D eigenvalue weighted by molar-refractivity contribution is -0.117. The number of carbonyl (C=O) groups excluding carboxylic acids is 2. The molecule has 2 amide bonds. The lowest BCUT2D eigenvalue weighted by Crippen LogP contribution is -2.29. The molecule has 2 N–H and O–H groups in total. The van der Waals surface area contributed by atoms with Gasteiger partial charge in [0.25, 0.3) is 5.91 Å². The van der Waals surface area contributed by atoms with Gasteiger partial charge >= 0.3 is 0 Å². The van der Waals surface area contributed by atoms with Gasteiger partial charge in [0.1, 0.15) is 0 Å². The van der Waals surface area contributed by atoms with Gasteiger partial charge in [-0.05, 0) is 73.6 Å². The molecule has 3 rings (SSSR count). The normalized spacial score (nSPS) is 23.7. The molecule has 0 aromatic heterocycles. The Morgan fingerprint density at radius 3 is 2.48 bits per heavy atom. The van der Waals surface area contributed by atoms with Crippen LogP contribution < -0.4 is 5.73 Å². The monoisotopic (exact) mass is 382 g/mol. The summed E-state index contributed by atoms with van der Waals surface area (Å²) in [6, 6.07) is 6.73. The fraction of sp³-hybridized carbons (Fsp3) is 0.273. The largest absolute Gasteiger partial charge is 0.369 e. The van der Waals surface area contributed by atoms with Gasteiger partial charge in [-0.2, -0.15) is 0 Å². The van der Waals surface area contributed by atoms with Crippen LogP contribution in [-0.4, -0.2) is 16.7 Å². The molecule has 0 bridgehead atoms. The fourth-order valence-electron chi connectivity index (χ4n) is 3.23. The first-order valence-corrected chi connectivity index (χ1v) is 9.38. The summed E-state index contributed by atoms with van der Waals surface area (Å²) in [4.78, 5) is 26.3. The number of halogens is 1. The molecule has 140 valence electrons. The number of benzene rings is 1. The molecule has 1 fully saturated rings. The van der Waals surface area contributed by atoms with Gasteiger partial charge in [0, 0.05) is 28.4 Å². The number of nitrogens with zero attached hydrogens (tertiary/aromatic N) is 1. The highest BCUT2D eigenvalue weighted by Gasteiger charge is 2.27. The highest BCUT2D eigenvalue weighted by atomic mass is 35.5. The lowest BCUT2D eigenvalue weighted by Gasteiger charge is -2.26. The maximum absolute atomic E-state index is 13.2. The second-order valence-electron chi connectivity index (χ2n) is 6.99. The average Bonchev–Trinajstić information content (AvgIpc) is 3.45. The van der Waals surface area contributed by atoms with Crippen molar-refractivity contribution in [2.75, 3.05) is 0 Å². The summed E-state index contributed by atoms with van der Waals surface area (Å²) in [5.41, 5.74) is 9.26. The topological polar surface area (TPSA) is 63.4 Å². The summed E-state index contributed by atoms with van der Waals surface area (Å²) in [5.74, 6) is -0.0687. The highest BCUT2D eigenvalue weighted by Crippen LogP contribution is 2.39. The van der Waals surface area contributed by atoms with Crippen LogP contribution in [0.3, 0.4) is 0 Å². The van der Waals surface area contributed by atoms with Crippen LogP contribution in [-0.2, 0) is 4.79 Å². The number of nitrogens with two attached hydrogens (primary N) is 1. The maximum Gasteiger partial charge on any atom is 0.262 e. The fourth-order valence-corrected chi connectivity index (χ4v) is 3.36. The number of rotatable bonds is 4. The van der Waals surface area contributed by atoms with Gasteiger partial charge in [-0.3, -0.25) is 14.5 Å². The third-order valence-electron chi connectivity index (χ3n) is 4.92. The van der Waals surface area contributed by atoms with Crippen molar-refractivity contribution < 1.29 is 9.59 Å². The minimum Gasteiger partial charge on any atom is -0.369 e. The minimum atomic E-state index is -0.414. The second-order valence-corrected chi connectivity index (χ2v) is 7.42. The van der Waals surface area contributed by atoms with E-state index in [1.807, 2.05) is 19.1 Å². The van der Waals surface area contributed by atoms with Crippen molar-refractivity contribution in [3.63, 3.8) is 0 Å². The first-order valence-electron chi connectivity index (χ1n) is 9.01. The third-order valence-corrected chi connectivity index (χ3v) is 5.17. The number of allylic oxidation sites excluding steroid dienone is 5. The van der Waals surface area contributed by atoms with E-state index in [4.69, 9.17) is 17.3 Å². The van der Waals surface area contributed by atoms with Crippen molar-refractivity contribution in [1.82, 2.24) is 4.90 Å². The standard InChI is InChI=1S/C22H23ClN2O2/c1-14-3-4-16(17-5-6-17)7-8-19(13-21(24)26)15(2)25(14)22(27)18-9-11-20(23)12-10-18/h3-4,7,9-12,17H,1,5-6,8,13H2,2H3,(H2,24,26)/b4-3-,16-7+,19-15+. The molecular formula is C22H23ClN2O2. The molecule has 0 unspecified atom stereocenters. The van der Waals surface area contributed by atoms with E-state index in [2.05, 4.69) is 12.7 Å². The predicted molar refractivity (Wildman–Crippen MR) is 108 cm³/mol. The van der Waals surface area contributed by atoms with E-state index in [0.29, 0.717) is 34.3 Å². The summed E-state index contributed by atoms with van der Waals surface area (Å²) in [6.07, 6.45) is 9.07. The molecule has 5 heteroatoms. The van der Waals surface area contributed by atoms with Gasteiger partial charge in [-0.25, -0.2) is 0 Å². The van der Waals surface area contributed by atoms with E-state index in [0.717, 1.165) is 5.57 Å². The molecule has 0 saturated heterocycles. The Balaban J connectivity index is 2.03. The molecule has 1 aliphatic heterocycles. The molecule has 1 aromatic carbocycles. The van der Waals surface area contributed by atoms with E-state index in [1.165, 1.54) is 18.4 Å². The zero-order valence-electron chi connectivity index (χ0n) is 15.4. The molecule has 1 aliphatic carbocycles. The van der Waals surface area contributed by atoms with E-state index in [9.17, 15) is 9.59 Å². The van der Waals surface area contributed by atoms with Crippen molar-refractivity contribution in [3.8, 4) is 0 Å². The van der Waals surface area contributed by atoms with Gasteiger partial charge in [-0.1, -0.05) is 30.3 Å². The van der Waals surface area contributed by atoms with Crippen molar-refractivity contribution in [3.05, 3.63) is 82.2 Å². The molecule has 4 nitrogen and oxygen atoms in total. The summed E-state index contributed by atoms with van der Waals surface area (Å²) in [5, 5.41) is 0.565. The quantitative estimate of drug-likeness (QED) is 0.817. The van der Waals surface area contributed by atoms with Crippen LogP contribution in [0.2, 0.25) is 5.02 Å². The van der Waals surface area contributed by atoms with Crippen LogP contribution >= 0.6 is 11.6 Å². The molecule has 1 aromatic rings. The zero-order valence-corrected chi connectivity index (χ0v) is 16.1. The van der Waals surface area contributed by atoms with E-state index in [1.54, 1.807) is 29.2 Å². The Kier molecular flexibility index (Phi) is 5.66. The van der Waals surface area contributed by atoms with Gasteiger partial charge in [0.15, 0.2) is 0 Å². The summed E-state index contributed by atoms with van der Waals surface area (Å²) < 4.78 is 0. The Bertz CT molecular complexity index is 874. The summed E-state index contributed by atoms with van der Waals surface area (Å²) >= 11 is 5.94. The van der Waals surface area contributed by atoms with Crippen LogP contribution in [0.1, 0.15) is 43.0 Å². The number of hydrogen-bond donors (Lipinski definition) is 1. The Labute approximate surface area is 164 Å². The SMILES string of the molecule is C=C1/C=C\C(C2CC2)=C/C/C(CC(N)=O)=C(/C)N1C(=O)c1ccc(Cl)cc1. The number of primary amides is 1. The molecule has 1 heterocycles.